The lowest BCUT2D eigenvalue weighted by Gasteiger charge is -2.10. The largest absolute Gasteiger partial charge is 0.573 e. The number of fused-ring (bicyclic) bond motifs is 3. The minimum absolute atomic E-state index is 0.0105. The minimum Gasteiger partial charge on any atom is -0.406 e. The zero-order chi connectivity index (χ0) is 19.2. The molecule has 0 saturated heterocycles. The fraction of sp³-hybridized carbons (Fsp3) is 0.100. The van der Waals surface area contributed by atoms with Crippen LogP contribution in [0.2, 0.25) is 0 Å². The molecular formula is C20H13F3N2O2. The van der Waals surface area contributed by atoms with E-state index in [1.54, 1.807) is 17.0 Å². The SMILES string of the molecule is CC(=O)c1ccc2c(ccc3c2ncn3-c2ccc(OC(F)(F)F)cc2)c1. The summed E-state index contributed by atoms with van der Waals surface area (Å²) in [5.41, 5.74) is 2.84. The van der Waals surface area contributed by atoms with Gasteiger partial charge in [-0.05, 0) is 48.7 Å². The van der Waals surface area contributed by atoms with E-state index in [0.29, 0.717) is 11.3 Å². The van der Waals surface area contributed by atoms with Crippen molar-refractivity contribution in [2.75, 3.05) is 0 Å². The summed E-state index contributed by atoms with van der Waals surface area (Å²) in [7, 11) is 0. The highest BCUT2D eigenvalue weighted by Gasteiger charge is 2.31. The zero-order valence-electron chi connectivity index (χ0n) is 14.1. The van der Waals surface area contributed by atoms with Gasteiger partial charge in [0, 0.05) is 16.6 Å². The maximum Gasteiger partial charge on any atom is 0.573 e. The second-order valence-electron chi connectivity index (χ2n) is 6.08. The molecule has 1 aromatic heterocycles. The first kappa shape index (κ1) is 17.1. The Morgan fingerprint density at radius 2 is 1.78 bits per heavy atom. The molecule has 0 aliphatic heterocycles. The van der Waals surface area contributed by atoms with Gasteiger partial charge in [-0.3, -0.25) is 9.36 Å². The molecule has 4 nitrogen and oxygen atoms in total. The molecule has 4 aromatic rings. The van der Waals surface area contributed by atoms with E-state index in [1.807, 2.05) is 24.3 Å². The van der Waals surface area contributed by atoms with Crippen LogP contribution in [0.5, 0.6) is 5.75 Å². The molecule has 0 unspecified atom stereocenters. The number of nitrogens with zero attached hydrogens (tertiary/aromatic N) is 2. The summed E-state index contributed by atoms with van der Waals surface area (Å²) in [6.07, 6.45) is -3.11. The number of carbonyl (C=O) groups excluding carboxylic acids is 1. The quantitative estimate of drug-likeness (QED) is 0.461. The number of aromatic nitrogens is 2. The van der Waals surface area contributed by atoms with Crippen LogP contribution < -0.4 is 4.74 Å². The summed E-state index contributed by atoms with van der Waals surface area (Å²) < 4.78 is 42.6. The first-order valence-electron chi connectivity index (χ1n) is 8.09. The van der Waals surface area contributed by atoms with Gasteiger partial charge in [-0.15, -0.1) is 13.2 Å². The van der Waals surface area contributed by atoms with E-state index in [-0.39, 0.29) is 11.5 Å². The van der Waals surface area contributed by atoms with Crippen molar-refractivity contribution in [2.24, 2.45) is 0 Å². The van der Waals surface area contributed by atoms with Crippen LogP contribution in [0.1, 0.15) is 17.3 Å². The summed E-state index contributed by atoms with van der Waals surface area (Å²) in [6.45, 7) is 1.51. The molecule has 0 aliphatic rings. The van der Waals surface area contributed by atoms with Crippen molar-refractivity contribution in [2.45, 2.75) is 13.3 Å². The minimum atomic E-state index is -4.72. The number of carbonyl (C=O) groups is 1. The molecule has 0 aliphatic carbocycles. The van der Waals surface area contributed by atoms with Gasteiger partial charge < -0.3 is 4.74 Å². The van der Waals surface area contributed by atoms with Crippen LogP contribution in [0.3, 0.4) is 0 Å². The van der Waals surface area contributed by atoms with Crippen molar-refractivity contribution in [3.8, 4) is 11.4 Å². The number of rotatable bonds is 3. The van der Waals surface area contributed by atoms with Crippen LogP contribution in [0, 0.1) is 0 Å². The summed E-state index contributed by atoms with van der Waals surface area (Å²) in [6, 6.07) is 14.8. The molecule has 4 rings (SSSR count). The lowest BCUT2D eigenvalue weighted by molar-refractivity contribution is -0.274. The third kappa shape index (κ3) is 3.23. The molecule has 0 amide bonds. The van der Waals surface area contributed by atoms with Gasteiger partial charge in [0.1, 0.15) is 12.1 Å². The molecule has 0 fully saturated rings. The van der Waals surface area contributed by atoms with Gasteiger partial charge in [-0.2, -0.15) is 0 Å². The topological polar surface area (TPSA) is 44.1 Å². The Morgan fingerprint density at radius 3 is 2.44 bits per heavy atom. The molecule has 0 saturated carbocycles. The molecule has 136 valence electrons. The summed E-state index contributed by atoms with van der Waals surface area (Å²) in [5, 5.41) is 1.79. The molecule has 3 aromatic carbocycles. The number of ether oxygens (including phenoxy) is 1. The second-order valence-corrected chi connectivity index (χ2v) is 6.08. The van der Waals surface area contributed by atoms with Crippen LogP contribution in [-0.4, -0.2) is 21.7 Å². The predicted octanol–water partition coefficient (Wildman–Crippen LogP) is 5.28. The number of imidazole rings is 1. The molecule has 0 spiro atoms. The fourth-order valence-electron chi connectivity index (χ4n) is 3.04. The lowest BCUT2D eigenvalue weighted by atomic mass is 10.0. The second kappa shape index (κ2) is 6.12. The van der Waals surface area contributed by atoms with Crippen molar-refractivity contribution in [1.82, 2.24) is 9.55 Å². The first-order valence-corrected chi connectivity index (χ1v) is 8.09. The van der Waals surface area contributed by atoms with Gasteiger partial charge in [-0.25, -0.2) is 4.98 Å². The third-order valence-electron chi connectivity index (χ3n) is 4.29. The van der Waals surface area contributed by atoms with Crippen molar-refractivity contribution in [3.63, 3.8) is 0 Å². The predicted molar refractivity (Wildman–Crippen MR) is 95.3 cm³/mol. The maximum atomic E-state index is 12.3. The first-order chi connectivity index (χ1) is 12.8. The zero-order valence-corrected chi connectivity index (χ0v) is 14.1. The van der Waals surface area contributed by atoms with Crippen molar-refractivity contribution in [3.05, 3.63) is 66.5 Å². The Balaban J connectivity index is 1.77. The number of hydrogen-bond acceptors (Lipinski definition) is 3. The van der Waals surface area contributed by atoms with Crippen molar-refractivity contribution < 1.29 is 22.7 Å². The van der Waals surface area contributed by atoms with E-state index >= 15 is 0 Å². The normalized spacial score (nSPS) is 11.9. The van der Waals surface area contributed by atoms with Gasteiger partial charge in [-0.1, -0.05) is 18.2 Å². The van der Waals surface area contributed by atoms with Gasteiger partial charge in [0.25, 0.3) is 0 Å². The van der Waals surface area contributed by atoms with Crippen LogP contribution in [0.15, 0.2) is 60.9 Å². The highest BCUT2D eigenvalue weighted by Crippen LogP contribution is 2.29. The molecule has 0 atom stereocenters. The molecule has 7 heteroatoms. The average molecular weight is 370 g/mol. The van der Waals surface area contributed by atoms with Crippen LogP contribution in [-0.2, 0) is 0 Å². The molecule has 0 bridgehead atoms. The van der Waals surface area contributed by atoms with Gasteiger partial charge in [0.05, 0.1) is 11.0 Å². The van der Waals surface area contributed by atoms with E-state index in [0.717, 1.165) is 21.8 Å². The molecule has 0 N–H and O–H groups in total. The molecule has 1 heterocycles. The molecule has 27 heavy (non-hydrogen) atoms. The fourth-order valence-corrected chi connectivity index (χ4v) is 3.04. The Hall–Kier alpha value is -3.35. The Bertz CT molecular complexity index is 1160. The van der Waals surface area contributed by atoms with Gasteiger partial charge in [0.2, 0.25) is 0 Å². The number of benzene rings is 3. The highest BCUT2D eigenvalue weighted by molar-refractivity contribution is 6.07. The summed E-state index contributed by atoms with van der Waals surface area (Å²) >= 11 is 0. The number of alkyl halides is 3. The summed E-state index contributed by atoms with van der Waals surface area (Å²) in [4.78, 5) is 16.0. The Morgan fingerprint density at radius 1 is 1.04 bits per heavy atom. The molecular weight excluding hydrogens is 357 g/mol. The van der Waals surface area contributed by atoms with E-state index in [2.05, 4.69) is 9.72 Å². The lowest BCUT2D eigenvalue weighted by Crippen LogP contribution is -2.17. The van der Waals surface area contributed by atoms with Crippen LogP contribution >= 0.6 is 0 Å². The Labute approximate surface area is 151 Å². The van der Waals surface area contributed by atoms with Gasteiger partial charge >= 0.3 is 6.36 Å². The number of hydrogen-bond donors (Lipinski definition) is 0. The number of Topliss-reactive ketones (excluding diaryl/α,β-unsaturated/α-hetero) is 1. The van der Waals surface area contributed by atoms with Crippen LogP contribution in [0.25, 0.3) is 27.5 Å². The smallest absolute Gasteiger partial charge is 0.406 e. The van der Waals surface area contributed by atoms with E-state index in [9.17, 15) is 18.0 Å². The maximum absolute atomic E-state index is 12.3. The molecule has 0 radical (unpaired) electrons. The number of ketones is 1. The summed E-state index contributed by atoms with van der Waals surface area (Å²) in [5.74, 6) is -0.290. The highest BCUT2D eigenvalue weighted by atomic mass is 19.4. The van der Waals surface area contributed by atoms with E-state index in [1.165, 1.54) is 31.2 Å². The third-order valence-corrected chi connectivity index (χ3v) is 4.29. The van der Waals surface area contributed by atoms with Crippen LogP contribution in [0.4, 0.5) is 13.2 Å². The average Bonchev–Trinajstić information content (AvgIpc) is 3.05. The Kier molecular flexibility index (Phi) is 3.87. The monoisotopic (exact) mass is 370 g/mol. The standard InChI is InChI=1S/C20H13F3N2O2/c1-12(26)13-2-8-17-14(10-13)3-9-18-19(17)24-11-25(18)15-4-6-16(7-5-15)27-20(21,22)23/h2-11H,1H3. The number of halogens is 3. The van der Waals surface area contributed by atoms with E-state index in [4.69, 9.17) is 0 Å². The van der Waals surface area contributed by atoms with E-state index < -0.39 is 6.36 Å². The van der Waals surface area contributed by atoms with Crippen molar-refractivity contribution >= 4 is 27.6 Å². The van der Waals surface area contributed by atoms with Gasteiger partial charge in [0.15, 0.2) is 5.78 Å². The van der Waals surface area contributed by atoms with Crippen molar-refractivity contribution in [1.29, 1.82) is 0 Å².